The average Bonchev–Trinajstić information content (AvgIpc) is 2.87. The van der Waals surface area contributed by atoms with Crippen LogP contribution in [0.3, 0.4) is 0 Å². The van der Waals surface area contributed by atoms with Gasteiger partial charge in [0.2, 0.25) is 10.0 Å². The van der Waals surface area contributed by atoms with Crippen LogP contribution in [0.15, 0.2) is 83.8 Å². The third-order valence-electron chi connectivity index (χ3n) is 5.98. The first-order valence-corrected chi connectivity index (χ1v) is 13.5. The van der Waals surface area contributed by atoms with Gasteiger partial charge in [0.05, 0.1) is 4.90 Å². The third-order valence-corrected chi connectivity index (χ3v) is 7.45. The smallest absolute Gasteiger partial charge is 0.265 e. The fraction of sp³-hybridized carbons (Fsp3) is 0.321. The quantitative estimate of drug-likeness (QED) is 0.347. The van der Waals surface area contributed by atoms with Gasteiger partial charge in [0.15, 0.2) is 6.10 Å². The summed E-state index contributed by atoms with van der Waals surface area (Å²) in [4.78, 5) is 13.0. The predicted octanol–water partition coefficient (Wildman–Crippen LogP) is 5.52. The maximum atomic E-state index is 12.9. The van der Waals surface area contributed by atoms with Crippen molar-refractivity contribution < 1.29 is 17.9 Å². The molecule has 3 aromatic rings. The molecule has 2 atom stereocenters. The predicted molar refractivity (Wildman–Crippen MR) is 140 cm³/mol. The van der Waals surface area contributed by atoms with Crippen molar-refractivity contribution in [2.24, 2.45) is 0 Å². The van der Waals surface area contributed by atoms with Crippen molar-refractivity contribution in [2.45, 2.75) is 57.0 Å². The molecule has 6 nitrogen and oxygen atoms in total. The number of hydrogen-bond acceptors (Lipinski definition) is 4. The highest BCUT2D eigenvalue weighted by Crippen LogP contribution is 2.29. The molecule has 0 bridgehead atoms. The first kappa shape index (κ1) is 26.4. The Balaban J connectivity index is 1.60. The summed E-state index contributed by atoms with van der Waals surface area (Å²) < 4.78 is 33.9. The van der Waals surface area contributed by atoms with Gasteiger partial charge in [0, 0.05) is 12.2 Å². The van der Waals surface area contributed by atoms with Crippen LogP contribution < -0.4 is 14.8 Å². The van der Waals surface area contributed by atoms with E-state index < -0.39 is 16.1 Å². The van der Waals surface area contributed by atoms with E-state index in [1.165, 1.54) is 12.1 Å². The Hall–Kier alpha value is -3.16. The molecule has 0 aliphatic rings. The van der Waals surface area contributed by atoms with Gasteiger partial charge in [0.1, 0.15) is 5.75 Å². The van der Waals surface area contributed by atoms with Gasteiger partial charge >= 0.3 is 0 Å². The van der Waals surface area contributed by atoms with Gasteiger partial charge in [0.25, 0.3) is 5.91 Å². The zero-order valence-electron chi connectivity index (χ0n) is 20.5. The van der Waals surface area contributed by atoms with E-state index in [2.05, 4.69) is 23.9 Å². The van der Waals surface area contributed by atoms with Crippen LogP contribution >= 0.6 is 0 Å². The Morgan fingerprint density at radius 2 is 1.54 bits per heavy atom. The van der Waals surface area contributed by atoms with E-state index in [-0.39, 0.29) is 10.8 Å². The number of hydrogen-bond donors (Lipinski definition) is 2. The highest BCUT2D eigenvalue weighted by atomic mass is 32.2. The molecule has 0 heterocycles. The van der Waals surface area contributed by atoms with Crippen LogP contribution in [-0.4, -0.2) is 27.0 Å². The molecular weight excluding hydrogens is 460 g/mol. The number of rotatable bonds is 12. The standard InChI is InChI=1S/C28H34N2O4S/c1-4-21(3)25-13-9-10-14-27(25)34-26(5-2)28(31)30-23-15-17-24(18-16-23)35(32,33)29-20-19-22-11-7-6-8-12-22/h6-18,21,26,29H,4-5,19-20H2,1-3H3,(H,30,31). The van der Waals surface area contributed by atoms with Crippen molar-refractivity contribution >= 4 is 21.6 Å². The highest BCUT2D eigenvalue weighted by molar-refractivity contribution is 7.89. The molecule has 1 amide bonds. The van der Waals surface area contributed by atoms with E-state index in [9.17, 15) is 13.2 Å². The molecule has 2 unspecified atom stereocenters. The Kier molecular flexibility index (Phi) is 9.46. The summed E-state index contributed by atoms with van der Waals surface area (Å²) in [6.45, 7) is 6.45. The molecule has 0 aliphatic carbocycles. The van der Waals surface area contributed by atoms with Gasteiger partial charge in [-0.1, -0.05) is 69.3 Å². The average molecular weight is 495 g/mol. The van der Waals surface area contributed by atoms with Gasteiger partial charge in [-0.3, -0.25) is 4.79 Å². The number of amides is 1. The molecule has 7 heteroatoms. The van der Waals surface area contributed by atoms with Gasteiger partial charge < -0.3 is 10.1 Å². The van der Waals surface area contributed by atoms with Crippen molar-refractivity contribution in [1.29, 1.82) is 0 Å². The summed E-state index contributed by atoms with van der Waals surface area (Å²) in [5.41, 5.74) is 2.65. The molecule has 186 valence electrons. The zero-order valence-corrected chi connectivity index (χ0v) is 21.3. The number of sulfonamides is 1. The summed E-state index contributed by atoms with van der Waals surface area (Å²) in [6, 6.07) is 23.6. The third kappa shape index (κ3) is 7.41. The van der Waals surface area contributed by atoms with Gasteiger partial charge in [-0.25, -0.2) is 13.1 Å². The SMILES string of the molecule is CCC(Oc1ccccc1C(C)CC)C(=O)Nc1ccc(S(=O)(=O)NCCc2ccccc2)cc1. The summed E-state index contributed by atoms with van der Waals surface area (Å²) in [5.74, 6) is 0.762. The van der Waals surface area contributed by atoms with E-state index in [4.69, 9.17) is 4.74 Å². The topological polar surface area (TPSA) is 84.5 Å². The van der Waals surface area contributed by atoms with Gasteiger partial charge in [-0.2, -0.15) is 0 Å². The van der Waals surface area contributed by atoms with Crippen molar-refractivity contribution in [1.82, 2.24) is 4.72 Å². The molecule has 3 aromatic carbocycles. The number of anilines is 1. The molecular formula is C28H34N2O4S. The van der Waals surface area contributed by atoms with Crippen LogP contribution in [0.4, 0.5) is 5.69 Å². The molecule has 0 saturated heterocycles. The van der Waals surface area contributed by atoms with Gasteiger partial charge in [-0.05, 0) is 66.6 Å². The lowest BCUT2D eigenvalue weighted by atomic mass is 9.98. The first-order valence-electron chi connectivity index (χ1n) is 12.0. The minimum Gasteiger partial charge on any atom is -0.480 e. The maximum absolute atomic E-state index is 12.9. The fourth-order valence-corrected chi connectivity index (χ4v) is 4.72. The van der Waals surface area contributed by atoms with Crippen LogP contribution in [-0.2, 0) is 21.2 Å². The van der Waals surface area contributed by atoms with Crippen molar-refractivity contribution in [3.05, 3.63) is 90.0 Å². The van der Waals surface area contributed by atoms with E-state index in [0.29, 0.717) is 36.7 Å². The number of carbonyl (C=O) groups is 1. The Morgan fingerprint density at radius 1 is 0.886 bits per heavy atom. The number of carbonyl (C=O) groups excluding carboxylic acids is 1. The molecule has 0 spiro atoms. The molecule has 3 rings (SSSR count). The van der Waals surface area contributed by atoms with E-state index in [0.717, 1.165) is 17.5 Å². The summed E-state index contributed by atoms with van der Waals surface area (Å²) in [5, 5.41) is 2.84. The summed E-state index contributed by atoms with van der Waals surface area (Å²) in [6.07, 6.45) is 1.41. The molecule has 0 aromatic heterocycles. The lowest BCUT2D eigenvalue weighted by molar-refractivity contribution is -0.122. The fourth-order valence-electron chi connectivity index (χ4n) is 3.69. The first-order chi connectivity index (χ1) is 16.8. The lowest BCUT2D eigenvalue weighted by Crippen LogP contribution is -2.32. The monoisotopic (exact) mass is 494 g/mol. The van der Waals surface area contributed by atoms with Crippen molar-refractivity contribution in [2.75, 3.05) is 11.9 Å². The minimum absolute atomic E-state index is 0.148. The Bertz CT molecular complexity index is 1200. The van der Waals surface area contributed by atoms with Crippen molar-refractivity contribution in [3.8, 4) is 5.75 Å². The molecule has 2 N–H and O–H groups in total. The molecule has 0 saturated carbocycles. The van der Waals surface area contributed by atoms with Crippen LogP contribution in [0.2, 0.25) is 0 Å². The highest BCUT2D eigenvalue weighted by Gasteiger charge is 2.21. The summed E-state index contributed by atoms with van der Waals surface area (Å²) >= 11 is 0. The van der Waals surface area contributed by atoms with E-state index >= 15 is 0 Å². The lowest BCUT2D eigenvalue weighted by Gasteiger charge is -2.21. The van der Waals surface area contributed by atoms with Gasteiger partial charge in [-0.15, -0.1) is 0 Å². The van der Waals surface area contributed by atoms with E-state index in [1.54, 1.807) is 12.1 Å². The van der Waals surface area contributed by atoms with Crippen LogP contribution in [0.1, 0.15) is 50.7 Å². The molecule has 0 aliphatic heterocycles. The normalized spacial score (nSPS) is 13.1. The zero-order chi connectivity index (χ0) is 25.3. The molecule has 0 fully saturated rings. The minimum atomic E-state index is -3.64. The number of nitrogens with one attached hydrogen (secondary N) is 2. The Labute approximate surface area is 208 Å². The maximum Gasteiger partial charge on any atom is 0.265 e. The second kappa shape index (κ2) is 12.5. The van der Waals surface area contributed by atoms with Crippen LogP contribution in [0, 0.1) is 0 Å². The number of benzene rings is 3. The van der Waals surface area contributed by atoms with Crippen LogP contribution in [0.5, 0.6) is 5.75 Å². The number of ether oxygens (including phenoxy) is 1. The second-order valence-corrected chi connectivity index (χ2v) is 10.3. The second-order valence-electron chi connectivity index (χ2n) is 8.51. The number of para-hydroxylation sites is 1. The van der Waals surface area contributed by atoms with Crippen LogP contribution in [0.25, 0.3) is 0 Å². The summed E-state index contributed by atoms with van der Waals surface area (Å²) in [7, 11) is -3.64. The van der Waals surface area contributed by atoms with E-state index in [1.807, 2.05) is 61.5 Å². The molecule has 35 heavy (non-hydrogen) atoms. The largest absolute Gasteiger partial charge is 0.480 e. The van der Waals surface area contributed by atoms with Crippen molar-refractivity contribution in [3.63, 3.8) is 0 Å². The molecule has 0 radical (unpaired) electrons. The Morgan fingerprint density at radius 3 is 2.20 bits per heavy atom.